The topological polar surface area (TPSA) is 207 Å². The van der Waals surface area contributed by atoms with Crippen molar-refractivity contribution in [1.29, 1.82) is 0 Å². The van der Waals surface area contributed by atoms with Gasteiger partial charge in [0, 0.05) is 41.1 Å². The number of rotatable bonds is 9. The molecule has 15 nitrogen and oxygen atoms in total. The highest BCUT2D eigenvalue weighted by Crippen LogP contribution is 2.37. The molecule has 2 heterocycles. The van der Waals surface area contributed by atoms with Crippen LogP contribution in [0, 0.1) is 20.2 Å². The van der Waals surface area contributed by atoms with Crippen LogP contribution in [0.4, 0.5) is 28.4 Å². The Morgan fingerprint density at radius 3 is 1.55 bits per heavy atom. The van der Waals surface area contributed by atoms with Gasteiger partial charge in [0.1, 0.15) is 0 Å². The van der Waals surface area contributed by atoms with Gasteiger partial charge in [-0.1, -0.05) is 48.5 Å². The molecule has 5 aromatic rings. The molecule has 0 spiro atoms. The van der Waals surface area contributed by atoms with E-state index in [-0.39, 0.29) is 45.0 Å². The molecule has 0 aliphatic carbocycles. The number of ketones is 1. The number of nitrogens with zero attached hydrogens (tertiary/aromatic N) is 4. The van der Waals surface area contributed by atoms with Crippen molar-refractivity contribution in [3.63, 3.8) is 0 Å². The summed E-state index contributed by atoms with van der Waals surface area (Å²) in [5.74, 6) is -4.65. The van der Waals surface area contributed by atoms with Crippen LogP contribution in [-0.4, -0.2) is 45.2 Å². The molecule has 0 unspecified atom stereocenters. The Morgan fingerprint density at radius 2 is 1.06 bits per heavy atom. The first-order valence-corrected chi connectivity index (χ1v) is 15.6. The van der Waals surface area contributed by atoms with Crippen molar-refractivity contribution in [3.05, 3.63) is 174 Å². The summed E-state index contributed by atoms with van der Waals surface area (Å²) >= 11 is 0. The average Bonchev–Trinajstić information content (AvgIpc) is 3.57. The van der Waals surface area contributed by atoms with Crippen molar-refractivity contribution in [2.24, 2.45) is 0 Å². The standard InChI is InChI=1S/C38H21N5O10/c44-33(22-4-2-1-3-5-22)15-8-21-6-9-24(10-7-21)39-34(45)23-16-27(40-35(46)29-13-11-25(42(50)51)19-31(29)37(40)48)18-28(17-23)41-36(47)30-14-12-26(43(52)53)20-32(30)38(41)49/h1-20H,(H,39,45). The second kappa shape index (κ2) is 13.1. The van der Waals surface area contributed by atoms with E-state index in [2.05, 4.69) is 5.32 Å². The molecular formula is C38H21N5O10. The van der Waals surface area contributed by atoms with Gasteiger partial charge in [-0.25, -0.2) is 9.80 Å². The van der Waals surface area contributed by atoms with Gasteiger partial charge in [-0.05, 0) is 54.1 Å². The summed E-state index contributed by atoms with van der Waals surface area (Å²) in [6.07, 6.45) is 3.01. The van der Waals surface area contributed by atoms with Gasteiger partial charge in [0.2, 0.25) is 0 Å². The van der Waals surface area contributed by atoms with Gasteiger partial charge in [-0.2, -0.15) is 0 Å². The lowest BCUT2D eigenvalue weighted by molar-refractivity contribution is -0.385. The van der Waals surface area contributed by atoms with E-state index in [0.717, 1.165) is 42.5 Å². The molecule has 258 valence electrons. The molecule has 0 radical (unpaired) electrons. The Bertz CT molecular complexity index is 2400. The summed E-state index contributed by atoms with van der Waals surface area (Å²) in [6.45, 7) is 0. The van der Waals surface area contributed by atoms with E-state index in [1.165, 1.54) is 18.2 Å². The van der Waals surface area contributed by atoms with Crippen molar-refractivity contribution in [2.75, 3.05) is 15.1 Å². The van der Waals surface area contributed by atoms with Crippen LogP contribution in [0.2, 0.25) is 0 Å². The minimum atomic E-state index is -0.954. The summed E-state index contributed by atoms with van der Waals surface area (Å²) in [6, 6.07) is 24.8. The zero-order chi connectivity index (χ0) is 37.6. The van der Waals surface area contributed by atoms with Gasteiger partial charge in [-0.15, -0.1) is 0 Å². The molecule has 53 heavy (non-hydrogen) atoms. The molecule has 15 heteroatoms. The number of nitrogens with one attached hydrogen (secondary N) is 1. The molecule has 0 fully saturated rings. The summed E-state index contributed by atoms with van der Waals surface area (Å²) in [5, 5.41) is 25.4. The van der Waals surface area contributed by atoms with Crippen LogP contribution in [0.3, 0.4) is 0 Å². The van der Waals surface area contributed by atoms with E-state index < -0.39 is 50.8 Å². The zero-order valence-corrected chi connectivity index (χ0v) is 26.9. The molecule has 1 N–H and O–H groups in total. The first-order valence-electron chi connectivity index (χ1n) is 15.6. The Hall–Kier alpha value is -7.94. The number of carbonyl (C=O) groups is 6. The summed E-state index contributed by atoms with van der Waals surface area (Å²) in [7, 11) is 0. The lowest BCUT2D eigenvalue weighted by Gasteiger charge is -2.20. The lowest BCUT2D eigenvalue weighted by Crippen LogP contribution is -2.32. The number of nitro benzene ring substituents is 2. The van der Waals surface area contributed by atoms with Crippen LogP contribution >= 0.6 is 0 Å². The molecule has 0 bridgehead atoms. The number of anilines is 3. The number of non-ortho nitro benzene ring substituents is 2. The molecule has 7 rings (SSSR count). The largest absolute Gasteiger partial charge is 0.322 e. The Kier molecular flexibility index (Phi) is 8.27. The fraction of sp³-hybridized carbons (Fsp3) is 0. The van der Waals surface area contributed by atoms with Crippen LogP contribution in [0.1, 0.15) is 67.7 Å². The smallest absolute Gasteiger partial charge is 0.270 e. The molecule has 0 saturated carbocycles. The van der Waals surface area contributed by atoms with Gasteiger partial charge in [0.15, 0.2) is 5.78 Å². The van der Waals surface area contributed by atoms with Crippen LogP contribution < -0.4 is 15.1 Å². The van der Waals surface area contributed by atoms with Crippen LogP contribution in [0.25, 0.3) is 6.08 Å². The maximum absolute atomic E-state index is 13.7. The van der Waals surface area contributed by atoms with E-state index in [1.807, 2.05) is 0 Å². The number of benzene rings is 5. The maximum atomic E-state index is 13.7. The van der Waals surface area contributed by atoms with E-state index in [9.17, 15) is 49.0 Å². The Labute approximate surface area is 297 Å². The highest BCUT2D eigenvalue weighted by Gasteiger charge is 2.41. The third kappa shape index (κ3) is 6.10. The van der Waals surface area contributed by atoms with Crippen LogP contribution in [-0.2, 0) is 0 Å². The van der Waals surface area contributed by atoms with Crippen molar-refractivity contribution in [1.82, 2.24) is 0 Å². The monoisotopic (exact) mass is 707 g/mol. The summed E-state index contributed by atoms with van der Waals surface area (Å²) in [4.78, 5) is 103. The predicted molar refractivity (Wildman–Crippen MR) is 189 cm³/mol. The van der Waals surface area contributed by atoms with Gasteiger partial charge >= 0.3 is 0 Å². The van der Waals surface area contributed by atoms with Gasteiger partial charge in [0.05, 0.1) is 43.5 Å². The first-order chi connectivity index (χ1) is 25.4. The Morgan fingerprint density at radius 1 is 0.566 bits per heavy atom. The van der Waals surface area contributed by atoms with Crippen LogP contribution in [0.15, 0.2) is 115 Å². The van der Waals surface area contributed by atoms with E-state index in [4.69, 9.17) is 0 Å². The minimum absolute atomic E-state index is 0.148. The normalized spacial score (nSPS) is 13.4. The first kappa shape index (κ1) is 33.6. The SMILES string of the molecule is O=C(C=Cc1ccc(NC(=O)c2cc(N3C(=O)c4ccc([N+](=O)[O-])cc4C3=O)cc(N3C(=O)c4ccc([N+](=O)[O-])cc4C3=O)c2)cc1)c1ccccc1. The van der Waals surface area contributed by atoms with E-state index >= 15 is 0 Å². The molecule has 0 saturated heterocycles. The quantitative estimate of drug-likeness (QED) is 0.0598. The fourth-order valence-corrected chi connectivity index (χ4v) is 5.89. The van der Waals surface area contributed by atoms with Gasteiger partial charge < -0.3 is 5.32 Å². The number of allylic oxidation sites excluding steroid dienone is 1. The average molecular weight is 708 g/mol. The van der Waals surface area contributed by atoms with E-state index in [0.29, 0.717) is 26.6 Å². The molecule has 0 aromatic heterocycles. The fourth-order valence-electron chi connectivity index (χ4n) is 5.89. The van der Waals surface area contributed by atoms with Crippen molar-refractivity contribution in [3.8, 4) is 0 Å². The van der Waals surface area contributed by atoms with Gasteiger partial charge in [0.25, 0.3) is 40.9 Å². The second-order valence-electron chi connectivity index (χ2n) is 11.7. The molecule has 5 aromatic carbocycles. The number of amides is 5. The number of fused-ring (bicyclic) bond motifs is 2. The maximum Gasteiger partial charge on any atom is 0.270 e. The predicted octanol–water partition coefficient (Wildman–Crippen LogP) is 6.25. The highest BCUT2D eigenvalue weighted by molar-refractivity contribution is 6.36. The Balaban J connectivity index is 1.23. The molecule has 0 atom stereocenters. The number of carbonyl (C=O) groups excluding carboxylic acids is 6. The molecular weight excluding hydrogens is 686 g/mol. The molecule has 5 amide bonds. The second-order valence-corrected chi connectivity index (χ2v) is 11.7. The number of hydrogen-bond donors (Lipinski definition) is 1. The van der Waals surface area contributed by atoms with E-state index in [1.54, 1.807) is 60.7 Å². The molecule has 2 aliphatic heterocycles. The number of nitro groups is 2. The third-order valence-electron chi connectivity index (χ3n) is 8.50. The van der Waals surface area contributed by atoms with Gasteiger partial charge in [-0.3, -0.25) is 49.0 Å². The third-order valence-corrected chi connectivity index (χ3v) is 8.50. The lowest BCUT2D eigenvalue weighted by atomic mass is 10.1. The summed E-state index contributed by atoms with van der Waals surface area (Å²) < 4.78 is 0. The number of imide groups is 2. The highest BCUT2D eigenvalue weighted by atomic mass is 16.6. The molecule has 2 aliphatic rings. The zero-order valence-electron chi connectivity index (χ0n) is 26.9. The summed E-state index contributed by atoms with van der Waals surface area (Å²) in [5.41, 5.74) is -0.951. The van der Waals surface area contributed by atoms with Crippen molar-refractivity contribution < 1.29 is 38.6 Å². The van der Waals surface area contributed by atoms with Crippen molar-refractivity contribution >= 4 is 69.8 Å². The van der Waals surface area contributed by atoms with Crippen molar-refractivity contribution in [2.45, 2.75) is 0 Å². The minimum Gasteiger partial charge on any atom is -0.322 e. The van der Waals surface area contributed by atoms with Crippen LogP contribution in [0.5, 0.6) is 0 Å². The number of hydrogen-bond acceptors (Lipinski definition) is 10.